The van der Waals surface area contributed by atoms with E-state index in [1.165, 1.54) is 12.1 Å². The van der Waals surface area contributed by atoms with E-state index in [-0.39, 0.29) is 16.7 Å². The maximum atomic E-state index is 11.9. The third kappa shape index (κ3) is 3.92. The maximum Gasteiger partial charge on any atom is 0.240 e. The van der Waals surface area contributed by atoms with Gasteiger partial charge in [0.2, 0.25) is 10.0 Å². The number of carbonyl (C=O) groups is 1. The van der Waals surface area contributed by atoms with Gasteiger partial charge >= 0.3 is 0 Å². The molecule has 18 heavy (non-hydrogen) atoms. The summed E-state index contributed by atoms with van der Waals surface area (Å²) < 4.78 is 26.2. The van der Waals surface area contributed by atoms with E-state index in [4.69, 9.17) is 0 Å². The summed E-state index contributed by atoms with van der Waals surface area (Å²) in [5, 5.41) is 0. The highest BCUT2D eigenvalue weighted by Gasteiger charge is 2.15. The monoisotopic (exact) mass is 269 g/mol. The zero-order valence-electron chi connectivity index (χ0n) is 10.9. The molecule has 0 unspecified atom stereocenters. The Morgan fingerprint density at radius 3 is 2.22 bits per heavy atom. The Labute approximate surface area is 108 Å². The van der Waals surface area contributed by atoms with Gasteiger partial charge in [-0.1, -0.05) is 19.1 Å². The van der Waals surface area contributed by atoms with Crippen LogP contribution in [0.5, 0.6) is 0 Å². The summed E-state index contributed by atoms with van der Waals surface area (Å²) in [6, 6.07) is 5.90. The fourth-order valence-corrected chi connectivity index (χ4v) is 2.82. The second kappa shape index (κ2) is 6.11. The number of hydrogen-bond acceptors (Lipinski definition) is 3. The van der Waals surface area contributed by atoms with Crippen molar-refractivity contribution in [2.75, 3.05) is 0 Å². The Morgan fingerprint density at radius 1 is 1.22 bits per heavy atom. The Kier molecular flexibility index (Phi) is 5.04. The minimum atomic E-state index is -3.48. The highest BCUT2D eigenvalue weighted by atomic mass is 32.2. The van der Waals surface area contributed by atoms with Crippen molar-refractivity contribution in [2.24, 2.45) is 0 Å². The zero-order chi connectivity index (χ0) is 13.8. The lowest BCUT2D eigenvalue weighted by Gasteiger charge is -2.09. The van der Waals surface area contributed by atoms with Crippen LogP contribution in [0.1, 0.15) is 44.0 Å². The molecule has 0 aliphatic heterocycles. The molecule has 100 valence electrons. The molecule has 0 fully saturated rings. The quantitative estimate of drug-likeness (QED) is 0.806. The van der Waals surface area contributed by atoms with Gasteiger partial charge in [0.1, 0.15) is 0 Å². The standard InChI is InChI=1S/C13H19NO3S/c1-4-5-13(15)11-6-8-12(9-7-11)18(16,17)14-10(2)3/h6-10,14H,4-5H2,1-3H3. The molecule has 5 heteroatoms. The summed E-state index contributed by atoms with van der Waals surface area (Å²) in [5.41, 5.74) is 0.556. The van der Waals surface area contributed by atoms with Gasteiger partial charge in [-0.15, -0.1) is 0 Å². The lowest BCUT2D eigenvalue weighted by atomic mass is 10.1. The van der Waals surface area contributed by atoms with Crippen molar-refractivity contribution in [1.29, 1.82) is 0 Å². The molecule has 0 atom stereocenters. The third-order valence-electron chi connectivity index (χ3n) is 2.35. The largest absolute Gasteiger partial charge is 0.294 e. The van der Waals surface area contributed by atoms with Crippen molar-refractivity contribution in [3.8, 4) is 0 Å². The molecule has 0 aliphatic carbocycles. The van der Waals surface area contributed by atoms with Gasteiger partial charge in [0.15, 0.2) is 5.78 Å². The second-order valence-electron chi connectivity index (χ2n) is 4.47. The molecule has 0 spiro atoms. The number of carbonyl (C=O) groups excluding carboxylic acids is 1. The molecule has 0 saturated carbocycles. The Morgan fingerprint density at radius 2 is 1.78 bits per heavy atom. The van der Waals surface area contributed by atoms with Gasteiger partial charge in [0, 0.05) is 18.0 Å². The van der Waals surface area contributed by atoms with E-state index >= 15 is 0 Å². The summed E-state index contributed by atoms with van der Waals surface area (Å²) in [7, 11) is -3.48. The molecule has 1 aromatic rings. The lowest BCUT2D eigenvalue weighted by molar-refractivity contribution is 0.0981. The Balaban J connectivity index is 2.92. The van der Waals surface area contributed by atoms with Crippen LogP contribution in [0.4, 0.5) is 0 Å². The van der Waals surface area contributed by atoms with E-state index in [1.54, 1.807) is 26.0 Å². The summed E-state index contributed by atoms with van der Waals surface area (Å²) in [6.45, 7) is 5.46. The predicted octanol–water partition coefficient (Wildman–Crippen LogP) is 2.36. The average Bonchev–Trinajstić information content (AvgIpc) is 2.28. The van der Waals surface area contributed by atoms with Crippen LogP contribution in [0.2, 0.25) is 0 Å². The van der Waals surface area contributed by atoms with Crippen molar-refractivity contribution in [1.82, 2.24) is 4.72 Å². The minimum absolute atomic E-state index is 0.0401. The molecular weight excluding hydrogens is 250 g/mol. The molecular formula is C13H19NO3S. The molecule has 1 N–H and O–H groups in total. The maximum absolute atomic E-state index is 11.9. The normalized spacial score (nSPS) is 11.8. The number of benzene rings is 1. The fraction of sp³-hybridized carbons (Fsp3) is 0.462. The van der Waals surface area contributed by atoms with Gasteiger partial charge in [0.05, 0.1) is 4.90 Å². The van der Waals surface area contributed by atoms with Crippen LogP contribution in [0.15, 0.2) is 29.2 Å². The topological polar surface area (TPSA) is 63.2 Å². The lowest BCUT2D eigenvalue weighted by Crippen LogP contribution is -2.30. The molecule has 0 bridgehead atoms. The first-order valence-electron chi connectivity index (χ1n) is 6.02. The van der Waals surface area contributed by atoms with Crippen molar-refractivity contribution in [3.05, 3.63) is 29.8 Å². The van der Waals surface area contributed by atoms with Gasteiger partial charge in [-0.2, -0.15) is 0 Å². The van der Waals surface area contributed by atoms with Gasteiger partial charge in [0.25, 0.3) is 0 Å². The van der Waals surface area contributed by atoms with Crippen LogP contribution in [-0.4, -0.2) is 20.2 Å². The van der Waals surface area contributed by atoms with Crippen LogP contribution in [0.25, 0.3) is 0 Å². The van der Waals surface area contributed by atoms with E-state index in [1.807, 2.05) is 6.92 Å². The first-order chi connectivity index (χ1) is 8.36. The van der Waals surface area contributed by atoms with Crippen molar-refractivity contribution < 1.29 is 13.2 Å². The van der Waals surface area contributed by atoms with E-state index in [9.17, 15) is 13.2 Å². The number of sulfonamides is 1. The van der Waals surface area contributed by atoms with Gasteiger partial charge in [-0.3, -0.25) is 4.79 Å². The highest BCUT2D eigenvalue weighted by molar-refractivity contribution is 7.89. The predicted molar refractivity (Wildman–Crippen MR) is 71.1 cm³/mol. The number of nitrogens with one attached hydrogen (secondary N) is 1. The number of Topliss-reactive ketones (excluding diaryl/α,β-unsaturated/α-hetero) is 1. The van der Waals surface area contributed by atoms with Crippen molar-refractivity contribution in [3.63, 3.8) is 0 Å². The molecule has 1 aromatic carbocycles. The van der Waals surface area contributed by atoms with Crippen molar-refractivity contribution >= 4 is 15.8 Å². The summed E-state index contributed by atoms with van der Waals surface area (Å²) in [5.74, 6) is 0.0401. The Bertz CT molecular complexity index is 504. The van der Waals surface area contributed by atoms with Crippen LogP contribution in [-0.2, 0) is 10.0 Å². The van der Waals surface area contributed by atoms with E-state index < -0.39 is 10.0 Å². The molecule has 0 aromatic heterocycles. The first-order valence-corrected chi connectivity index (χ1v) is 7.50. The molecule has 0 radical (unpaired) electrons. The Hall–Kier alpha value is -1.20. The smallest absolute Gasteiger partial charge is 0.240 e. The number of ketones is 1. The summed E-state index contributed by atoms with van der Waals surface area (Å²) in [6.07, 6.45) is 1.27. The van der Waals surface area contributed by atoms with Crippen LogP contribution >= 0.6 is 0 Å². The first kappa shape index (κ1) is 14.9. The summed E-state index contributed by atoms with van der Waals surface area (Å²) >= 11 is 0. The van der Waals surface area contributed by atoms with E-state index in [2.05, 4.69) is 4.72 Å². The number of rotatable bonds is 6. The second-order valence-corrected chi connectivity index (χ2v) is 6.19. The molecule has 1 rings (SSSR count). The van der Waals surface area contributed by atoms with Crippen LogP contribution < -0.4 is 4.72 Å². The SMILES string of the molecule is CCCC(=O)c1ccc(S(=O)(=O)NC(C)C)cc1. The minimum Gasteiger partial charge on any atom is -0.294 e. The highest BCUT2D eigenvalue weighted by Crippen LogP contribution is 2.13. The van der Waals surface area contributed by atoms with E-state index in [0.717, 1.165) is 6.42 Å². The van der Waals surface area contributed by atoms with Gasteiger partial charge in [-0.25, -0.2) is 13.1 Å². The third-order valence-corrected chi connectivity index (χ3v) is 4.03. The van der Waals surface area contributed by atoms with Crippen molar-refractivity contribution in [2.45, 2.75) is 44.6 Å². The molecule has 0 amide bonds. The zero-order valence-corrected chi connectivity index (χ0v) is 11.8. The summed E-state index contributed by atoms with van der Waals surface area (Å²) in [4.78, 5) is 11.8. The van der Waals surface area contributed by atoms with E-state index in [0.29, 0.717) is 12.0 Å². The fourth-order valence-electron chi connectivity index (χ4n) is 1.57. The number of hydrogen-bond donors (Lipinski definition) is 1. The van der Waals surface area contributed by atoms with Crippen LogP contribution in [0.3, 0.4) is 0 Å². The molecule has 0 saturated heterocycles. The molecule has 0 heterocycles. The average molecular weight is 269 g/mol. The van der Waals surface area contributed by atoms with Gasteiger partial charge < -0.3 is 0 Å². The van der Waals surface area contributed by atoms with Crippen LogP contribution in [0, 0.1) is 0 Å². The molecule has 0 aliphatic rings. The molecule has 4 nitrogen and oxygen atoms in total. The van der Waals surface area contributed by atoms with Gasteiger partial charge in [-0.05, 0) is 32.4 Å².